The molecule has 0 amide bonds. The van der Waals surface area contributed by atoms with E-state index in [1.165, 1.54) is 0 Å². The Labute approximate surface area is 215 Å². The first kappa shape index (κ1) is 26.2. The molecule has 6 heteroatoms. The average Bonchev–Trinajstić information content (AvgIpc) is 3.18. The number of hydrogen-bond donors (Lipinski definition) is 1. The second kappa shape index (κ2) is 9.85. The minimum absolute atomic E-state index is 0. The SMILES string of the molecule is CC1(C)C2CCC1(C)C(OC(=O)C(O)(c1ccccc1)c1ccccc1)C2CN1CCOCC1.Cl. The second-order valence-electron chi connectivity index (χ2n) is 11.1. The molecule has 1 aliphatic heterocycles. The van der Waals surface area contributed by atoms with Crippen LogP contribution >= 0.6 is 12.4 Å². The van der Waals surface area contributed by atoms with Crippen LogP contribution in [0.5, 0.6) is 0 Å². The summed E-state index contributed by atoms with van der Waals surface area (Å²) in [6.45, 7) is 11.2. The van der Waals surface area contributed by atoms with Gasteiger partial charge >= 0.3 is 5.97 Å². The molecule has 2 bridgehead atoms. The summed E-state index contributed by atoms with van der Waals surface area (Å²) in [6.07, 6.45) is 1.96. The number of carbonyl (C=O) groups excluding carboxylic acids is 1. The second-order valence-corrected chi connectivity index (χ2v) is 11.1. The highest BCUT2D eigenvalue weighted by Gasteiger charge is 2.68. The first-order valence-corrected chi connectivity index (χ1v) is 12.6. The highest BCUT2D eigenvalue weighted by molar-refractivity contribution is 5.86. The third-order valence-electron chi connectivity index (χ3n) is 9.39. The summed E-state index contributed by atoms with van der Waals surface area (Å²) in [6, 6.07) is 18.4. The molecule has 2 aromatic rings. The molecule has 1 heterocycles. The quantitative estimate of drug-likeness (QED) is 0.586. The van der Waals surface area contributed by atoms with Gasteiger partial charge in [0.1, 0.15) is 6.10 Å². The highest BCUT2D eigenvalue weighted by Crippen LogP contribution is 2.68. The van der Waals surface area contributed by atoms with Crippen molar-refractivity contribution in [1.29, 1.82) is 0 Å². The van der Waals surface area contributed by atoms with Crippen LogP contribution in [0, 0.1) is 22.7 Å². The highest BCUT2D eigenvalue weighted by atomic mass is 35.5. The van der Waals surface area contributed by atoms with Crippen molar-refractivity contribution < 1.29 is 19.4 Å². The van der Waals surface area contributed by atoms with Crippen LogP contribution in [0.25, 0.3) is 0 Å². The zero-order valence-corrected chi connectivity index (χ0v) is 21.8. The summed E-state index contributed by atoms with van der Waals surface area (Å²) in [5.41, 5.74) is -0.855. The van der Waals surface area contributed by atoms with Crippen molar-refractivity contribution in [2.24, 2.45) is 22.7 Å². The third-order valence-corrected chi connectivity index (χ3v) is 9.39. The molecule has 1 saturated heterocycles. The fourth-order valence-electron chi connectivity index (χ4n) is 6.99. The lowest BCUT2D eigenvalue weighted by Gasteiger charge is -2.42. The lowest BCUT2D eigenvalue weighted by Crippen LogP contribution is -2.49. The van der Waals surface area contributed by atoms with Crippen LogP contribution in [0.1, 0.15) is 44.7 Å². The normalized spacial score (nSPS) is 30.0. The lowest BCUT2D eigenvalue weighted by molar-refractivity contribution is -0.179. The molecular weight excluding hydrogens is 462 g/mol. The lowest BCUT2D eigenvalue weighted by atomic mass is 9.70. The Bertz CT molecular complexity index is 968. The van der Waals surface area contributed by atoms with Gasteiger partial charge in [-0.1, -0.05) is 81.4 Å². The van der Waals surface area contributed by atoms with Gasteiger partial charge in [0.05, 0.1) is 13.2 Å². The van der Waals surface area contributed by atoms with Gasteiger partial charge in [-0.15, -0.1) is 12.4 Å². The van der Waals surface area contributed by atoms with E-state index in [0.29, 0.717) is 17.0 Å². The van der Waals surface area contributed by atoms with Crippen LogP contribution in [0.3, 0.4) is 0 Å². The zero-order chi connectivity index (χ0) is 24.0. The number of rotatable bonds is 6. The van der Waals surface area contributed by atoms with E-state index in [1.807, 2.05) is 36.4 Å². The summed E-state index contributed by atoms with van der Waals surface area (Å²) < 4.78 is 12.0. The Balaban J connectivity index is 0.00000289. The standard InChI is InChI=1S/C29H37NO4.ClH/c1-27(2)24-14-15-28(27,3)25(23(24)20-30-16-18-33-19-17-30)34-26(31)29(32,21-10-6-4-7-11-21)22-12-8-5-9-13-22;/h4-13,23-25,32H,14-20H2,1-3H3;1H. The van der Waals surface area contributed by atoms with Gasteiger partial charge in [-0.05, 0) is 35.3 Å². The van der Waals surface area contributed by atoms with Crippen molar-refractivity contribution in [3.63, 3.8) is 0 Å². The maximum atomic E-state index is 14.0. The van der Waals surface area contributed by atoms with E-state index in [0.717, 1.165) is 45.7 Å². The topological polar surface area (TPSA) is 59.0 Å². The van der Waals surface area contributed by atoms with Gasteiger partial charge in [-0.3, -0.25) is 4.90 Å². The fourth-order valence-corrected chi connectivity index (χ4v) is 6.99. The van der Waals surface area contributed by atoms with Gasteiger partial charge in [-0.25, -0.2) is 4.79 Å². The summed E-state index contributed by atoms with van der Waals surface area (Å²) in [5, 5.41) is 12.0. The molecule has 0 aromatic heterocycles. The van der Waals surface area contributed by atoms with Crippen LogP contribution in [0.4, 0.5) is 0 Å². The number of esters is 1. The van der Waals surface area contributed by atoms with E-state index in [1.54, 1.807) is 24.3 Å². The first-order chi connectivity index (χ1) is 16.3. The van der Waals surface area contributed by atoms with Crippen molar-refractivity contribution in [3.8, 4) is 0 Å². The smallest absolute Gasteiger partial charge is 0.347 e. The minimum atomic E-state index is -1.85. The van der Waals surface area contributed by atoms with Gasteiger partial charge in [-0.2, -0.15) is 0 Å². The van der Waals surface area contributed by atoms with Gasteiger partial charge in [0, 0.05) is 31.0 Å². The maximum absolute atomic E-state index is 14.0. The first-order valence-electron chi connectivity index (χ1n) is 12.6. The van der Waals surface area contributed by atoms with Crippen molar-refractivity contribution in [2.75, 3.05) is 32.8 Å². The third kappa shape index (κ3) is 4.21. The van der Waals surface area contributed by atoms with Gasteiger partial charge in [0.15, 0.2) is 0 Å². The number of fused-ring (bicyclic) bond motifs is 2. The molecule has 3 fully saturated rings. The Kier molecular flexibility index (Phi) is 7.36. The van der Waals surface area contributed by atoms with Crippen LogP contribution < -0.4 is 0 Å². The number of halogens is 1. The Morgan fingerprint density at radius 1 is 1.03 bits per heavy atom. The van der Waals surface area contributed by atoms with Crippen LogP contribution in [0.15, 0.2) is 60.7 Å². The van der Waals surface area contributed by atoms with Crippen LogP contribution in [-0.2, 0) is 19.9 Å². The largest absolute Gasteiger partial charge is 0.459 e. The predicted octanol–water partition coefficient (Wildman–Crippen LogP) is 4.66. The number of carbonyl (C=O) groups is 1. The van der Waals surface area contributed by atoms with E-state index in [2.05, 4.69) is 25.7 Å². The number of morpholine rings is 1. The summed E-state index contributed by atoms with van der Waals surface area (Å²) >= 11 is 0. The molecule has 0 spiro atoms. The molecule has 4 unspecified atom stereocenters. The van der Waals surface area contributed by atoms with Crippen LogP contribution in [-0.4, -0.2) is 54.9 Å². The van der Waals surface area contributed by atoms with Gasteiger partial charge in [0.25, 0.3) is 0 Å². The number of ether oxygens (including phenoxy) is 2. The maximum Gasteiger partial charge on any atom is 0.347 e. The molecule has 4 atom stereocenters. The van der Waals surface area contributed by atoms with Crippen LogP contribution in [0.2, 0.25) is 0 Å². The van der Waals surface area contributed by atoms with E-state index in [9.17, 15) is 9.90 Å². The van der Waals surface area contributed by atoms with Gasteiger partial charge < -0.3 is 14.6 Å². The van der Waals surface area contributed by atoms with Gasteiger partial charge in [0.2, 0.25) is 5.60 Å². The molecule has 1 N–H and O–H groups in total. The molecule has 2 aromatic carbocycles. The number of nitrogens with zero attached hydrogens (tertiary/aromatic N) is 1. The fraction of sp³-hybridized carbons (Fsp3) is 0.552. The van der Waals surface area contributed by atoms with Crippen molar-refractivity contribution in [1.82, 2.24) is 4.90 Å². The Morgan fingerprint density at radius 3 is 2.11 bits per heavy atom. The predicted molar refractivity (Wildman–Crippen MR) is 138 cm³/mol. The van der Waals surface area contributed by atoms with E-state index in [-0.39, 0.29) is 35.3 Å². The molecular formula is C29H38ClNO4. The van der Waals surface area contributed by atoms with Crippen molar-refractivity contribution in [2.45, 2.75) is 45.3 Å². The molecule has 3 aliphatic rings. The molecule has 2 saturated carbocycles. The molecule has 0 radical (unpaired) electrons. The van der Waals surface area contributed by atoms with Crippen molar-refractivity contribution >= 4 is 18.4 Å². The Morgan fingerprint density at radius 2 is 1.57 bits per heavy atom. The summed E-state index contributed by atoms with van der Waals surface area (Å²) in [7, 11) is 0. The molecule has 5 rings (SSSR count). The van der Waals surface area contributed by atoms with E-state index < -0.39 is 11.6 Å². The monoisotopic (exact) mass is 499 g/mol. The minimum Gasteiger partial charge on any atom is -0.459 e. The van der Waals surface area contributed by atoms with E-state index >= 15 is 0 Å². The molecule has 2 aliphatic carbocycles. The summed E-state index contributed by atoms with van der Waals surface area (Å²) in [4.78, 5) is 16.4. The molecule has 35 heavy (non-hydrogen) atoms. The Hall–Kier alpha value is -1.92. The van der Waals surface area contributed by atoms with Crippen molar-refractivity contribution in [3.05, 3.63) is 71.8 Å². The summed E-state index contributed by atoms with van der Waals surface area (Å²) in [5.74, 6) is 0.151. The molecule has 5 nitrogen and oxygen atoms in total. The number of aliphatic hydroxyl groups is 1. The number of hydrogen-bond acceptors (Lipinski definition) is 5. The zero-order valence-electron chi connectivity index (χ0n) is 21.0. The average molecular weight is 500 g/mol. The number of benzene rings is 2. The van der Waals surface area contributed by atoms with E-state index in [4.69, 9.17) is 9.47 Å². The molecule has 190 valence electrons.